The van der Waals surface area contributed by atoms with Gasteiger partial charge in [-0.2, -0.15) is 0 Å². The zero-order chi connectivity index (χ0) is 14.9. The van der Waals surface area contributed by atoms with Crippen LogP contribution in [0.4, 0.5) is 0 Å². The van der Waals surface area contributed by atoms with E-state index in [0.29, 0.717) is 12.0 Å². The van der Waals surface area contributed by atoms with E-state index >= 15 is 0 Å². The zero-order valence-electron chi connectivity index (χ0n) is 13.2. The van der Waals surface area contributed by atoms with Crippen LogP contribution < -0.4 is 0 Å². The van der Waals surface area contributed by atoms with Gasteiger partial charge in [-0.3, -0.25) is 4.90 Å². The molecule has 2 aromatic heterocycles. The molecule has 0 amide bonds. The number of hydrogen-bond donors (Lipinski definition) is 0. The summed E-state index contributed by atoms with van der Waals surface area (Å²) in [5.41, 5.74) is 2.08. The van der Waals surface area contributed by atoms with Crippen LogP contribution in [0.5, 0.6) is 0 Å². The highest BCUT2D eigenvalue weighted by molar-refractivity contribution is 5.71. The topological polar surface area (TPSA) is 43.2 Å². The Balaban J connectivity index is 1.72. The number of hydrogen-bond acceptors (Lipinski definition) is 4. The van der Waals surface area contributed by atoms with E-state index in [1.165, 1.54) is 25.2 Å². The molecule has 22 heavy (non-hydrogen) atoms. The van der Waals surface area contributed by atoms with Gasteiger partial charge in [-0.05, 0) is 57.3 Å². The summed E-state index contributed by atoms with van der Waals surface area (Å²) in [5.74, 6) is 1.89. The van der Waals surface area contributed by atoms with Crippen LogP contribution in [-0.4, -0.2) is 46.2 Å². The van der Waals surface area contributed by atoms with Crippen molar-refractivity contribution in [3.05, 3.63) is 24.2 Å². The number of rotatable bonds is 3. The minimum atomic E-state index is 0.439. The molecule has 0 aromatic carbocycles. The Kier molecular flexibility index (Phi) is 3.84. The third-order valence-corrected chi connectivity index (χ3v) is 5.13. The van der Waals surface area contributed by atoms with Gasteiger partial charge in [-0.25, -0.2) is 9.97 Å². The molecule has 0 radical (unpaired) electrons. The summed E-state index contributed by atoms with van der Waals surface area (Å²) in [6, 6.07) is 4.51. The highest BCUT2D eigenvalue weighted by Gasteiger charge is 2.29. The maximum atomic E-state index is 5.50. The van der Waals surface area contributed by atoms with E-state index in [0.717, 1.165) is 43.8 Å². The van der Waals surface area contributed by atoms with Gasteiger partial charge >= 0.3 is 0 Å². The highest BCUT2D eigenvalue weighted by Crippen LogP contribution is 2.32. The number of aromatic nitrogens is 3. The van der Waals surface area contributed by atoms with Crippen molar-refractivity contribution < 1.29 is 4.74 Å². The number of likely N-dealkylation sites (tertiary alicyclic amines) is 1. The van der Waals surface area contributed by atoms with Crippen molar-refractivity contribution >= 4 is 11.2 Å². The zero-order valence-corrected chi connectivity index (χ0v) is 13.2. The van der Waals surface area contributed by atoms with Crippen LogP contribution >= 0.6 is 0 Å². The van der Waals surface area contributed by atoms with E-state index < -0.39 is 0 Å². The van der Waals surface area contributed by atoms with Crippen molar-refractivity contribution in [2.75, 3.05) is 26.8 Å². The maximum absolute atomic E-state index is 5.50. The fourth-order valence-electron chi connectivity index (χ4n) is 3.83. The van der Waals surface area contributed by atoms with Gasteiger partial charge in [0.1, 0.15) is 11.3 Å². The second-order valence-electron chi connectivity index (χ2n) is 6.62. The molecule has 2 aliphatic heterocycles. The molecule has 5 nitrogen and oxygen atoms in total. The second-order valence-corrected chi connectivity index (χ2v) is 6.62. The molecule has 2 aromatic rings. The van der Waals surface area contributed by atoms with Crippen molar-refractivity contribution in [2.24, 2.45) is 5.92 Å². The van der Waals surface area contributed by atoms with Crippen LogP contribution in [0.1, 0.15) is 37.5 Å². The van der Waals surface area contributed by atoms with Crippen molar-refractivity contribution in [3.63, 3.8) is 0 Å². The van der Waals surface area contributed by atoms with Gasteiger partial charge in [-0.15, -0.1) is 0 Å². The summed E-state index contributed by atoms with van der Waals surface area (Å²) < 4.78 is 7.89. The molecule has 5 heteroatoms. The van der Waals surface area contributed by atoms with Crippen LogP contribution in [0, 0.1) is 5.92 Å². The number of ether oxygens (including phenoxy) is 1. The van der Waals surface area contributed by atoms with E-state index in [1.807, 2.05) is 12.3 Å². The quantitative estimate of drug-likeness (QED) is 0.874. The molecular weight excluding hydrogens is 276 g/mol. The molecule has 0 saturated carbocycles. The van der Waals surface area contributed by atoms with Gasteiger partial charge in [0.05, 0.1) is 6.04 Å². The molecule has 1 unspecified atom stereocenters. The molecule has 0 aliphatic carbocycles. The number of pyridine rings is 1. The lowest BCUT2D eigenvalue weighted by Gasteiger charge is -2.25. The van der Waals surface area contributed by atoms with Gasteiger partial charge < -0.3 is 9.30 Å². The Morgan fingerprint density at radius 1 is 1.27 bits per heavy atom. The molecule has 0 bridgehead atoms. The van der Waals surface area contributed by atoms with Crippen molar-refractivity contribution in [1.29, 1.82) is 0 Å². The lowest BCUT2D eigenvalue weighted by Crippen LogP contribution is -2.25. The second kappa shape index (κ2) is 5.97. The van der Waals surface area contributed by atoms with E-state index in [2.05, 4.69) is 27.6 Å². The van der Waals surface area contributed by atoms with Crippen LogP contribution in [0.3, 0.4) is 0 Å². The summed E-state index contributed by atoms with van der Waals surface area (Å²) in [6.45, 7) is 3.97. The molecular formula is C17H24N4O. The molecule has 118 valence electrons. The SMILES string of the molecule is CN1CCCC1c1nc2cccnc2n1CC1CCOCC1. The van der Waals surface area contributed by atoms with E-state index in [-0.39, 0.29) is 0 Å². The van der Waals surface area contributed by atoms with E-state index in [1.54, 1.807) is 0 Å². The monoisotopic (exact) mass is 300 g/mol. The first-order chi connectivity index (χ1) is 10.8. The van der Waals surface area contributed by atoms with Gasteiger partial charge in [-0.1, -0.05) is 0 Å². The first-order valence-electron chi connectivity index (χ1n) is 8.42. The van der Waals surface area contributed by atoms with Crippen molar-refractivity contribution in [1.82, 2.24) is 19.4 Å². The first kappa shape index (κ1) is 14.2. The van der Waals surface area contributed by atoms with E-state index in [9.17, 15) is 0 Å². The average molecular weight is 300 g/mol. The predicted molar refractivity (Wildman–Crippen MR) is 85.7 cm³/mol. The molecule has 4 rings (SSSR count). The Labute approximate surface area is 131 Å². The van der Waals surface area contributed by atoms with Crippen LogP contribution in [0.15, 0.2) is 18.3 Å². The fourth-order valence-corrected chi connectivity index (χ4v) is 3.83. The largest absolute Gasteiger partial charge is 0.381 e. The molecule has 1 atom stereocenters. The van der Waals surface area contributed by atoms with Gasteiger partial charge in [0, 0.05) is 26.0 Å². The van der Waals surface area contributed by atoms with Crippen molar-refractivity contribution in [2.45, 2.75) is 38.3 Å². The summed E-state index contributed by atoms with van der Waals surface area (Å²) in [6.07, 6.45) is 6.63. The average Bonchev–Trinajstić information content (AvgIpc) is 3.12. The summed E-state index contributed by atoms with van der Waals surface area (Å²) >= 11 is 0. The van der Waals surface area contributed by atoms with Crippen LogP contribution in [0.2, 0.25) is 0 Å². The standard InChI is InChI=1S/C17H24N4O/c1-20-9-3-5-15(20)17-19-14-4-2-8-18-16(14)21(17)12-13-6-10-22-11-7-13/h2,4,8,13,15H,3,5-7,9-12H2,1H3. The number of fused-ring (bicyclic) bond motifs is 1. The molecule has 2 fully saturated rings. The molecule has 0 spiro atoms. The molecule has 2 aliphatic rings. The highest BCUT2D eigenvalue weighted by atomic mass is 16.5. The minimum absolute atomic E-state index is 0.439. The minimum Gasteiger partial charge on any atom is -0.381 e. The van der Waals surface area contributed by atoms with E-state index in [4.69, 9.17) is 9.72 Å². The predicted octanol–water partition coefficient (Wildman–Crippen LogP) is 2.62. The Bertz CT molecular complexity index is 647. The van der Waals surface area contributed by atoms with Gasteiger partial charge in [0.25, 0.3) is 0 Å². The first-order valence-corrected chi connectivity index (χ1v) is 8.42. The fraction of sp³-hybridized carbons (Fsp3) is 0.647. The molecule has 4 heterocycles. The maximum Gasteiger partial charge on any atom is 0.160 e. The van der Waals surface area contributed by atoms with Crippen molar-refractivity contribution in [3.8, 4) is 0 Å². The third-order valence-electron chi connectivity index (χ3n) is 5.13. The Morgan fingerprint density at radius 3 is 2.91 bits per heavy atom. The molecule has 0 N–H and O–H groups in total. The van der Waals surface area contributed by atoms with Crippen LogP contribution in [0.25, 0.3) is 11.2 Å². The normalized spacial score (nSPS) is 24.3. The van der Waals surface area contributed by atoms with Gasteiger partial charge in [0.2, 0.25) is 0 Å². The molecule has 2 saturated heterocycles. The lowest BCUT2D eigenvalue weighted by molar-refractivity contribution is 0.0609. The Morgan fingerprint density at radius 2 is 2.14 bits per heavy atom. The van der Waals surface area contributed by atoms with Gasteiger partial charge in [0.15, 0.2) is 5.65 Å². The number of nitrogens with zero attached hydrogens (tertiary/aromatic N) is 4. The summed E-state index contributed by atoms with van der Waals surface area (Å²) in [7, 11) is 2.21. The summed E-state index contributed by atoms with van der Waals surface area (Å²) in [4.78, 5) is 12.0. The third kappa shape index (κ3) is 2.52. The van der Waals surface area contributed by atoms with Crippen LogP contribution in [-0.2, 0) is 11.3 Å². The number of imidazole rings is 1. The smallest absolute Gasteiger partial charge is 0.160 e. The summed E-state index contributed by atoms with van der Waals surface area (Å²) in [5, 5.41) is 0. The lowest BCUT2D eigenvalue weighted by atomic mass is 10.00. The Hall–Kier alpha value is -1.46.